The molecule has 3 amide bonds. The zero-order valence-corrected chi connectivity index (χ0v) is 28.0. The molecule has 2 heterocycles. The molecule has 3 aliphatic rings. The summed E-state index contributed by atoms with van der Waals surface area (Å²) in [5.41, 5.74) is 10.0. The predicted molar refractivity (Wildman–Crippen MR) is 183 cm³/mol. The average molecular weight is 689 g/mol. The summed E-state index contributed by atoms with van der Waals surface area (Å²) >= 11 is 0. The first-order valence-electron chi connectivity index (χ1n) is 17.4. The minimum Gasteiger partial charge on any atom is -0.488 e. The Morgan fingerprint density at radius 2 is 1.58 bits per heavy atom. The summed E-state index contributed by atoms with van der Waals surface area (Å²) in [5.74, 6) is -4.64. The lowest BCUT2D eigenvalue weighted by atomic mass is 9.82. The van der Waals surface area contributed by atoms with Crippen LogP contribution in [0.2, 0.25) is 0 Å². The molecule has 50 heavy (non-hydrogen) atoms. The van der Waals surface area contributed by atoms with Gasteiger partial charge in [0, 0.05) is 50.1 Å². The Hall–Kier alpha value is -4.64. The highest BCUT2D eigenvalue weighted by atomic mass is 19.2. The van der Waals surface area contributed by atoms with Gasteiger partial charge in [0.05, 0.1) is 12.6 Å². The highest BCUT2D eigenvalue weighted by Crippen LogP contribution is 2.37. The lowest BCUT2D eigenvalue weighted by Gasteiger charge is -2.45. The highest BCUT2D eigenvalue weighted by molar-refractivity contribution is 6.03. The van der Waals surface area contributed by atoms with E-state index in [1.807, 2.05) is 52.3 Å². The molecule has 264 valence electrons. The van der Waals surface area contributed by atoms with E-state index in [-0.39, 0.29) is 49.4 Å². The Bertz CT molecular complexity index is 1730. The molecule has 6 rings (SSSR count). The predicted octanol–water partition coefficient (Wildman–Crippen LogP) is 5.33. The van der Waals surface area contributed by atoms with Gasteiger partial charge in [-0.25, -0.2) is 8.78 Å². The number of fused-ring (bicyclic) bond motifs is 2. The highest BCUT2D eigenvalue weighted by Gasteiger charge is 2.43. The summed E-state index contributed by atoms with van der Waals surface area (Å²) < 4.78 is 46.6. The average Bonchev–Trinajstić information content (AvgIpc) is 3.95. The molecule has 0 radical (unpaired) electrons. The third-order valence-electron chi connectivity index (χ3n) is 9.69. The molecule has 0 spiro atoms. The van der Waals surface area contributed by atoms with Crippen molar-refractivity contribution < 1.29 is 32.3 Å². The summed E-state index contributed by atoms with van der Waals surface area (Å²) in [4.78, 5) is 42.9. The minimum absolute atomic E-state index is 0.00422. The number of nitrogens with zero attached hydrogens (tertiary/aromatic N) is 2. The maximum absolute atomic E-state index is 14.6. The Labute approximate surface area is 290 Å². The van der Waals surface area contributed by atoms with Gasteiger partial charge in [0.1, 0.15) is 0 Å². The molecule has 3 aromatic carbocycles. The number of hydrogen-bond acceptors (Lipinski definition) is 5. The molecule has 8 nitrogen and oxygen atoms in total. The van der Waals surface area contributed by atoms with Crippen LogP contribution in [0.25, 0.3) is 5.57 Å². The van der Waals surface area contributed by atoms with E-state index < -0.39 is 29.1 Å². The number of amides is 3. The third-order valence-corrected chi connectivity index (χ3v) is 9.69. The lowest BCUT2D eigenvalue weighted by Crippen LogP contribution is -2.62. The molecule has 2 atom stereocenters. The number of nitrogens with two attached hydrogens (primary N) is 1. The normalized spacial score (nSPS) is 18.6. The number of primary amides is 1. The van der Waals surface area contributed by atoms with Gasteiger partial charge in [0.15, 0.2) is 17.4 Å². The second kappa shape index (κ2) is 15.9. The summed E-state index contributed by atoms with van der Waals surface area (Å²) in [6.45, 7) is 1.47. The van der Waals surface area contributed by atoms with Crippen LogP contribution in [-0.2, 0) is 27.2 Å². The smallest absolute Gasteiger partial charge is 0.252 e. The quantitative estimate of drug-likeness (QED) is 0.166. The number of rotatable bonds is 15. The summed E-state index contributed by atoms with van der Waals surface area (Å²) in [7, 11) is 0. The number of aryl methyl sites for hydroxylation is 1. The number of benzene rings is 3. The number of nitrogens with one attached hydrogen (secondary N) is 1. The van der Waals surface area contributed by atoms with Crippen molar-refractivity contribution in [2.24, 2.45) is 5.73 Å². The van der Waals surface area contributed by atoms with Gasteiger partial charge in [0.25, 0.3) is 5.91 Å². The van der Waals surface area contributed by atoms with E-state index in [0.29, 0.717) is 50.9 Å². The first-order chi connectivity index (χ1) is 24.2. The van der Waals surface area contributed by atoms with Crippen LogP contribution < -0.4 is 15.8 Å². The first kappa shape index (κ1) is 35.2. The standard InChI is InChI=1S/C39H43F3N4O4/c40-31-17-18-32(41)38(37(31)42)50-21-5-8-26-11-13-27(14-12-26)30-22-28-23-45(35(48)10-4-9-34(43)47)24-33(44-28)36(30)39(49)46(29-15-16-29)20-19-25-6-2-1-3-7-25/h1-3,6-7,11-14,17-18,28-29,33,44H,4-5,8-10,15-16,19-24H2,(H2,43,47)/t28?,33-/m1/s1. The number of ether oxygens (including phenoxy) is 1. The fraction of sp³-hybridized carbons (Fsp3) is 0.410. The van der Waals surface area contributed by atoms with E-state index in [1.54, 1.807) is 0 Å². The Morgan fingerprint density at radius 3 is 2.30 bits per heavy atom. The lowest BCUT2D eigenvalue weighted by molar-refractivity contribution is -0.134. The van der Waals surface area contributed by atoms with Gasteiger partial charge in [-0.3, -0.25) is 14.4 Å². The Balaban J connectivity index is 1.20. The van der Waals surface area contributed by atoms with E-state index in [1.165, 1.54) is 5.56 Å². The maximum atomic E-state index is 14.6. The van der Waals surface area contributed by atoms with Gasteiger partial charge in [-0.1, -0.05) is 54.6 Å². The van der Waals surface area contributed by atoms with E-state index >= 15 is 0 Å². The number of carbonyl (C=O) groups is 3. The largest absolute Gasteiger partial charge is 0.488 e. The number of halogens is 3. The van der Waals surface area contributed by atoms with Gasteiger partial charge < -0.3 is 25.6 Å². The fourth-order valence-electron chi connectivity index (χ4n) is 6.99. The van der Waals surface area contributed by atoms with Crippen molar-refractivity contribution in [3.63, 3.8) is 0 Å². The van der Waals surface area contributed by atoms with Crippen LogP contribution in [0.4, 0.5) is 13.2 Å². The Morgan fingerprint density at radius 1 is 0.860 bits per heavy atom. The van der Waals surface area contributed by atoms with Crippen molar-refractivity contribution in [1.82, 2.24) is 15.1 Å². The van der Waals surface area contributed by atoms with Crippen LogP contribution in [0.15, 0.2) is 72.3 Å². The van der Waals surface area contributed by atoms with E-state index in [4.69, 9.17) is 10.5 Å². The van der Waals surface area contributed by atoms with Crippen molar-refractivity contribution >= 4 is 23.3 Å². The SMILES string of the molecule is NC(=O)CCCC(=O)N1CC2CC(c3ccc(CCCOc4c(F)ccc(F)c4F)cc3)=C(C(=O)N(CCc3ccccc3)C3CC3)[C@@H](C1)N2. The van der Waals surface area contributed by atoms with Crippen LogP contribution in [0.3, 0.4) is 0 Å². The number of carbonyl (C=O) groups excluding carboxylic acids is 3. The molecule has 1 saturated carbocycles. The van der Waals surface area contributed by atoms with Crippen molar-refractivity contribution in [2.45, 2.75) is 75.9 Å². The molecule has 1 saturated heterocycles. The third kappa shape index (κ3) is 8.56. The molecule has 3 aromatic rings. The van der Waals surface area contributed by atoms with Gasteiger partial charge >= 0.3 is 0 Å². The van der Waals surface area contributed by atoms with E-state index in [0.717, 1.165) is 48.1 Å². The van der Waals surface area contributed by atoms with Crippen LogP contribution in [0.1, 0.15) is 61.6 Å². The van der Waals surface area contributed by atoms with Crippen molar-refractivity contribution in [3.05, 3.63) is 106 Å². The van der Waals surface area contributed by atoms with Crippen LogP contribution in [0.5, 0.6) is 5.75 Å². The summed E-state index contributed by atoms with van der Waals surface area (Å²) in [6.07, 6.45) is 5.04. The van der Waals surface area contributed by atoms with Gasteiger partial charge in [-0.2, -0.15) is 4.39 Å². The number of piperazine rings is 1. The van der Waals surface area contributed by atoms with Crippen LogP contribution in [0, 0.1) is 17.5 Å². The monoisotopic (exact) mass is 688 g/mol. The van der Waals surface area contributed by atoms with E-state index in [9.17, 15) is 27.6 Å². The second-order valence-electron chi connectivity index (χ2n) is 13.4. The second-order valence-corrected chi connectivity index (χ2v) is 13.4. The zero-order valence-electron chi connectivity index (χ0n) is 28.0. The van der Waals surface area contributed by atoms with E-state index in [2.05, 4.69) is 17.4 Å². The number of hydrogen-bond donors (Lipinski definition) is 2. The Kier molecular flexibility index (Phi) is 11.2. The van der Waals surface area contributed by atoms with Crippen LogP contribution in [-0.4, -0.2) is 71.9 Å². The van der Waals surface area contributed by atoms with Crippen molar-refractivity contribution in [2.75, 3.05) is 26.2 Å². The van der Waals surface area contributed by atoms with Crippen molar-refractivity contribution in [3.8, 4) is 5.75 Å². The summed E-state index contributed by atoms with van der Waals surface area (Å²) in [6, 6.07) is 19.5. The minimum atomic E-state index is -1.34. The molecule has 2 fully saturated rings. The zero-order chi connectivity index (χ0) is 35.2. The molecular weight excluding hydrogens is 645 g/mol. The fourth-order valence-corrected chi connectivity index (χ4v) is 6.99. The van der Waals surface area contributed by atoms with Gasteiger partial charge in [0.2, 0.25) is 17.6 Å². The van der Waals surface area contributed by atoms with Gasteiger partial charge in [-0.05, 0) is 79.3 Å². The van der Waals surface area contributed by atoms with Crippen LogP contribution >= 0.6 is 0 Å². The summed E-state index contributed by atoms with van der Waals surface area (Å²) in [5, 5.41) is 3.64. The molecular formula is C39H43F3N4O4. The maximum Gasteiger partial charge on any atom is 0.252 e. The first-order valence-corrected chi connectivity index (χ1v) is 17.4. The van der Waals surface area contributed by atoms with Gasteiger partial charge in [-0.15, -0.1) is 0 Å². The topological polar surface area (TPSA) is 105 Å². The molecule has 1 aliphatic carbocycles. The molecule has 1 unspecified atom stereocenters. The van der Waals surface area contributed by atoms with Crippen molar-refractivity contribution in [1.29, 1.82) is 0 Å². The molecule has 3 N–H and O–H groups in total. The molecule has 0 aromatic heterocycles. The molecule has 11 heteroatoms. The molecule has 2 aliphatic heterocycles. The molecule has 2 bridgehead atoms.